The number of aliphatic imine (C=N–C) groups is 3. The largest absolute Gasteiger partial charge is 0.506 e. The molecule has 0 saturated heterocycles. The van der Waals surface area contributed by atoms with Crippen molar-refractivity contribution >= 4 is 51.4 Å². The monoisotopic (exact) mass is 714 g/mol. The second-order valence-corrected chi connectivity index (χ2v) is 13.1. The predicted molar refractivity (Wildman–Crippen MR) is 219 cm³/mol. The third kappa shape index (κ3) is 7.39. The molecule has 3 heterocycles. The number of phenols is 3. The van der Waals surface area contributed by atoms with E-state index >= 15 is 0 Å². The lowest BCUT2D eigenvalue weighted by Crippen LogP contribution is -2.13. The van der Waals surface area contributed by atoms with Gasteiger partial charge in [0.25, 0.3) is 0 Å². The summed E-state index contributed by atoms with van der Waals surface area (Å²) in [5.74, 6) is 0.420. The van der Waals surface area contributed by atoms with Crippen molar-refractivity contribution in [3.8, 4) is 17.2 Å². The molecule has 7 aromatic rings. The molecule has 3 N–H and O–H groups in total. The summed E-state index contributed by atoms with van der Waals surface area (Å²) in [6.45, 7) is 7.86. The maximum absolute atomic E-state index is 10.4. The van der Waals surface area contributed by atoms with Crippen molar-refractivity contribution in [1.82, 2.24) is 15.0 Å². The fraction of sp³-hybridized carbons (Fsp3) is 0.200. The Labute approximate surface area is 314 Å². The molecule has 9 heteroatoms. The van der Waals surface area contributed by atoms with Gasteiger partial charge in [-0.1, -0.05) is 75.4 Å². The van der Waals surface area contributed by atoms with E-state index in [2.05, 4.69) is 35.7 Å². The van der Waals surface area contributed by atoms with E-state index in [1.165, 1.54) is 16.7 Å². The fourth-order valence-corrected chi connectivity index (χ4v) is 7.29. The molecule has 0 bridgehead atoms. The molecule has 0 saturated carbocycles. The zero-order valence-electron chi connectivity index (χ0n) is 30.7. The number of pyridine rings is 3. The summed E-state index contributed by atoms with van der Waals surface area (Å²) in [5.41, 5.74) is 10.8. The van der Waals surface area contributed by atoms with Crippen molar-refractivity contribution < 1.29 is 15.3 Å². The van der Waals surface area contributed by atoms with Crippen LogP contribution in [0, 0.1) is 0 Å². The molecule has 0 fully saturated rings. The Kier molecular flexibility index (Phi) is 10.7. The molecule has 0 atom stereocenters. The topological polar surface area (TPSA) is 136 Å². The SMILES string of the molecule is CCc1c(CN=Cc2ccc3cccc(O)c3n2)c(CC)c(CN=Cc2ccc3cccc(O)c3n2)c(CC)c1CN=Cc1ccc2cccc(O)c2n1. The van der Waals surface area contributed by atoms with Crippen LogP contribution in [0.1, 0.15) is 71.2 Å². The molecule has 3 aromatic heterocycles. The molecule has 9 nitrogen and oxygen atoms in total. The number of para-hydroxylation sites is 3. The Balaban J connectivity index is 1.27. The normalized spacial score (nSPS) is 12.1. The van der Waals surface area contributed by atoms with Gasteiger partial charge < -0.3 is 15.3 Å². The summed E-state index contributed by atoms with van der Waals surface area (Å²) >= 11 is 0. The molecular formula is C45H42N6O3. The summed E-state index contributed by atoms with van der Waals surface area (Å²) < 4.78 is 0. The third-order valence-corrected chi connectivity index (χ3v) is 9.83. The van der Waals surface area contributed by atoms with Crippen LogP contribution in [-0.4, -0.2) is 48.9 Å². The Morgan fingerprint density at radius 3 is 0.981 bits per heavy atom. The second-order valence-electron chi connectivity index (χ2n) is 13.1. The van der Waals surface area contributed by atoms with Gasteiger partial charge in [-0.15, -0.1) is 0 Å². The maximum Gasteiger partial charge on any atom is 0.141 e. The van der Waals surface area contributed by atoms with Crippen LogP contribution < -0.4 is 0 Å². The molecule has 0 amide bonds. The predicted octanol–water partition coefficient (Wildman–Crippen LogP) is 8.99. The van der Waals surface area contributed by atoms with E-state index < -0.39 is 0 Å². The van der Waals surface area contributed by atoms with E-state index in [4.69, 9.17) is 15.0 Å². The standard InChI is InChI=1S/C45H42N6O3/c1-4-34-37(25-46-22-31-19-16-28-10-7-13-40(52)43(28)49-31)35(5-2)39(27-48-24-33-21-18-30-12-9-15-42(54)45(30)51-33)36(6-3)38(34)26-47-23-32-20-17-29-11-8-14-41(53)44(29)50-32/h7-24,52-54H,4-6,25-27H2,1-3H3. The zero-order valence-corrected chi connectivity index (χ0v) is 30.7. The van der Waals surface area contributed by atoms with Crippen molar-refractivity contribution in [3.63, 3.8) is 0 Å². The number of benzene rings is 4. The van der Waals surface area contributed by atoms with Crippen LogP contribution in [0.3, 0.4) is 0 Å². The highest BCUT2D eigenvalue weighted by Crippen LogP contribution is 2.33. The summed E-state index contributed by atoms with van der Waals surface area (Å²) in [6, 6.07) is 27.7. The fourth-order valence-electron chi connectivity index (χ4n) is 7.29. The number of rotatable bonds is 12. The highest BCUT2D eigenvalue weighted by Gasteiger charge is 2.21. The summed E-state index contributed by atoms with van der Waals surface area (Å²) in [6.07, 6.45) is 7.72. The van der Waals surface area contributed by atoms with Crippen LogP contribution in [-0.2, 0) is 38.9 Å². The quantitative estimate of drug-likeness (QED) is 0.108. The average molecular weight is 715 g/mol. The number of nitrogens with zero attached hydrogens (tertiary/aromatic N) is 6. The van der Waals surface area contributed by atoms with Gasteiger partial charge in [0, 0.05) is 34.8 Å². The summed E-state index contributed by atoms with van der Waals surface area (Å²) in [4.78, 5) is 28.7. The molecule has 0 radical (unpaired) electrons. The van der Waals surface area contributed by atoms with E-state index in [1.807, 2.05) is 54.6 Å². The Hall–Kier alpha value is -6.48. The van der Waals surface area contributed by atoms with Crippen LogP contribution >= 0.6 is 0 Å². The van der Waals surface area contributed by atoms with Gasteiger partial charge in [0.2, 0.25) is 0 Å². The van der Waals surface area contributed by atoms with Crippen molar-refractivity contribution in [3.05, 3.63) is 141 Å². The number of hydrogen-bond donors (Lipinski definition) is 3. The molecule has 0 aliphatic rings. The van der Waals surface area contributed by atoms with Gasteiger partial charge in [0.1, 0.15) is 33.8 Å². The highest BCUT2D eigenvalue weighted by atomic mass is 16.3. The third-order valence-electron chi connectivity index (χ3n) is 9.83. The minimum atomic E-state index is 0.140. The van der Waals surface area contributed by atoms with Crippen LogP contribution in [0.4, 0.5) is 0 Å². The van der Waals surface area contributed by atoms with Gasteiger partial charge in [-0.3, -0.25) is 15.0 Å². The molecular weight excluding hydrogens is 673 g/mol. The van der Waals surface area contributed by atoms with E-state index in [0.717, 1.165) is 52.1 Å². The minimum absolute atomic E-state index is 0.140. The number of fused-ring (bicyclic) bond motifs is 3. The van der Waals surface area contributed by atoms with E-state index in [-0.39, 0.29) is 17.2 Å². The molecule has 0 aliphatic heterocycles. The minimum Gasteiger partial charge on any atom is -0.506 e. The van der Waals surface area contributed by atoms with E-state index in [1.54, 1.807) is 55.0 Å². The molecule has 0 unspecified atom stereocenters. The average Bonchev–Trinajstić information content (AvgIpc) is 3.19. The number of aromatic hydroxyl groups is 3. The second kappa shape index (κ2) is 16.0. The van der Waals surface area contributed by atoms with Gasteiger partial charge >= 0.3 is 0 Å². The van der Waals surface area contributed by atoms with Crippen LogP contribution in [0.15, 0.2) is 106 Å². The maximum atomic E-state index is 10.4. The van der Waals surface area contributed by atoms with Crippen molar-refractivity contribution in [2.45, 2.75) is 59.7 Å². The highest BCUT2D eigenvalue weighted by molar-refractivity contribution is 5.90. The lowest BCUT2D eigenvalue weighted by molar-refractivity contribution is 0.480. The van der Waals surface area contributed by atoms with Crippen LogP contribution in [0.5, 0.6) is 17.2 Å². The van der Waals surface area contributed by atoms with Gasteiger partial charge in [0.05, 0.1) is 36.7 Å². The van der Waals surface area contributed by atoms with Gasteiger partial charge in [0.15, 0.2) is 0 Å². The molecule has 7 rings (SSSR count). The number of aromatic nitrogens is 3. The Morgan fingerprint density at radius 1 is 0.407 bits per heavy atom. The van der Waals surface area contributed by atoms with Crippen molar-refractivity contribution in [1.29, 1.82) is 0 Å². The van der Waals surface area contributed by atoms with Crippen molar-refractivity contribution in [2.24, 2.45) is 15.0 Å². The van der Waals surface area contributed by atoms with Crippen LogP contribution in [0.2, 0.25) is 0 Å². The number of phenolic OH excluding ortho intramolecular Hbond substituents is 3. The Bertz CT molecular complexity index is 2290. The van der Waals surface area contributed by atoms with E-state index in [9.17, 15) is 15.3 Å². The zero-order chi connectivity index (χ0) is 37.6. The molecule has 270 valence electrons. The first-order chi connectivity index (χ1) is 26.4. The summed E-state index contributed by atoms with van der Waals surface area (Å²) in [7, 11) is 0. The lowest BCUT2D eigenvalue weighted by Gasteiger charge is -2.24. The van der Waals surface area contributed by atoms with E-state index in [0.29, 0.717) is 53.3 Å². The molecule has 0 spiro atoms. The molecule has 54 heavy (non-hydrogen) atoms. The van der Waals surface area contributed by atoms with Gasteiger partial charge in [-0.25, -0.2) is 15.0 Å². The number of hydrogen-bond acceptors (Lipinski definition) is 9. The Morgan fingerprint density at radius 2 is 0.704 bits per heavy atom. The first-order valence-electron chi connectivity index (χ1n) is 18.3. The smallest absolute Gasteiger partial charge is 0.141 e. The van der Waals surface area contributed by atoms with Gasteiger partial charge in [-0.2, -0.15) is 0 Å². The molecule has 4 aromatic carbocycles. The first kappa shape index (κ1) is 35.9. The first-order valence-corrected chi connectivity index (χ1v) is 18.3. The van der Waals surface area contributed by atoms with Crippen LogP contribution in [0.25, 0.3) is 32.7 Å². The molecule has 0 aliphatic carbocycles. The van der Waals surface area contributed by atoms with Crippen molar-refractivity contribution in [2.75, 3.05) is 0 Å². The van der Waals surface area contributed by atoms with Gasteiger partial charge in [-0.05, 0) is 89.0 Å². The summed E-state index contributed by atoms with van der Waals surface area (Å²) in [5, 5.41) is 33.8. The lowest BCUT2D eigenvalue weighted by atomic mass is 9.83.